The number of rotatable bonds is 7. The number of Topliss-reactive ketones (excluding diaryl/α,β-unsaturated/α-hetero) is 1. The molecule has 8 heteroatoms. The number of nitrogens with zero attached hydrogens (tertiary/aromatic N) is 3. The minimum Gasteiger partial charge on any atom is -0.462 e. The van der Waals surface area contributed by atoms with Gasteiger partial charge in [-0.3, -0.25) is 14.3 Å². The second-order valence-electron chi connectivity index (χ2n) is 8.34. The molecule has 0 fully saturated rings. The monoisotopic (exact) mass is 473 g/mol. The number of carbonyl (C=O) groups is 2. The molecule has 0 radical (unpaired) electrons. The molecule has 35 heavy (non-hydrogen) atoms. The number of ketones is 1. The summed E-state index contributed by atoms with van der Waals surface area (Å²) in [5.41, 5.74) is 3.52. The topological polar surface area (TPSA) is 88.4 Å². The van der Waals surface area contributed by atoms with E-state index in [0.717, 1.165) is 22.8 Å². The molecule has 0 atom stereocenters. The molecule has 8 nitrogen and oxygen atoms in total. The highest BCUT2D eigenvalue weighted by atomic mass is 16.5. The maximum atomic E-state index is 13.5. The van der Waals surface area contributed by atoms with Crippen LogP contribution in [0.5, 0.6) is 0 Å². The first-order chi connectivity index (χ1) is 16.7. The van der Waals surface area contributed by atoms with Gasteiger partial charge in [0.05, 0.1) is 11.4 Å². The van der Waals surface area contributed by atoms with Gasteiger partial charge < -0.3 is 13.7 Å². The minimum atomic E-state index is -0.647. The van der Waals surface area contributed by atoms with E-state index in [9.17, 15) is 14.4 Å². The summed E-state index contributed by atoms with van der Waals surface area (Å²) < 4.78 is 15.7. The van der Waals surface area contributed by atoms with Crippen LogP contribution >= 0.6 is 0 Å². The van der Waals surface area contributed by atoms with E-state index < -0.39 is 12.6 Å². The molecular weight excluding hydrogens is 446 g/mol. The van der Waals surface area contributed by atoms with E-state index in [2.05, 4.69) is 0 Å². The maximum Gasteiger partial charge on any atom is 0.331 e. The molecule has 4 aromatic rings. The molecule has 0 amide bonds. The second-order valence-corrected chi connectivity index (χ2v) is 8.34. The number of hydrogen-bond donors (Lipinski definition) is 0. The number of hydrogen-bond acceptors (Lipinski definition) is 5. The molecule has 3 heterocycles. The fraction of sp³-hybridized carbons (Fsp3) is 0.222. The Morgan fingerprint density at radius 3 is 2.37 bits per heavy atom. The third kappa shape index (κ3) is 4.55. The van der Waals surface area contributed by atoms with Crippen LogP contribution in [0.3, 0.4) is 0 Å². The van der Waals surface area contributed by atoms with E-state index in [4.69, 9.17) is 9.15 Å². The normalized spacial score (nSPS) is 11.3. The molecule has 4 rings (SSSR count). The van der Waals surface area contributed by atoms with E-state index in [1.165, 1.54) is 12.2 Å². The predicted molar refractivity (Wildman–Crippen MR) is 132 cm³/mol. The zero-order chi connectivity index (χ0) is 25.3. The Hall–Kier alpha value is -4.33. The fourth-order valence-electron chi connectivity index (χ4n) is 4.16. The number of aryl methyl sites for hydroxylation is 2. The van der Waals surface area contributed by atoms with Gasteiger partial charge in [-0.15, -0.1) is 0 Å². The van der Waals surface area contributed by atoms with Crippen LogP contribution in [0, 0.1) is 27.7 Å². The van der Waals surface area contributed by atoms with Crippen molar-refractivity contribution in [3.63, 3.8) is 0 Å². The summed E-state index contributed by atoms with van der Waals surface area (Å²) in [6, 6.07) is 14.6. The molecule has 0 bridgehead atoms. The van der Waals surface area contributed by atoms with Gasteiger partial charge in [-0.1, -0.05) is 18.2 Å². The molecular formula is C27H27N3O5. The van der Waals surface area contributed by atoms with E-state index in [1.807, 2.05) is 51.2 Å². The lowest BCUT2D eigenvalue weighted by atomic mass is 10.1. The van der Waals surface area contributed by atoms with Crippen molar-refractivity contribution in [2.75, 3.05) is 6.61 Å². The standard InChI is InChI=1S/C27H27N3O5/c1-17-15-23(24(31)16-34-25(32)14-13-22-12-11-18(2)35-22)19(3)29(17)26-20(4)28(5)30(27(26)33)21-9-7-6-8-10-21/h6-15H,16H2,1-5H3/b14-13+. The highest BCUT2D eigenvalue weighted by Gasteiger charge is 2.24. The quantitative estimate of drug-likeness (QED) is 0.228. The van der Waals surface area contributed by atoms with Gasteiger partial charge in [0.15, 0.2) is 6.61 Å². The number of ether oxygens (including phenoxy) is 1. The van der Waals surface area contributed by atoms with E-state index in [0.29, 0.717) is 22.7 Å². The van der Waals surface area contributed by atoms with Crippen molar-refractivity contribution in [2.24, 2.45) is 7.05 Å². The van der Waals surface area contributed by atoms with Crippen molar-refractivity contribution < 1.29 is 18.7 Å². The van der Waals surface area contributed by atoms with E-state index >= 15 is 0 Å². The Morgan fingerprint density at radius 1 is 1.00 bits per heavy atom. The molecule has 0 aliphatic rings. The number of carbonyl (C=O) groups excluding carboxylic acids is 2. The molecule has 0 saturated carbocycles. The summed E-state index contributed by atoms with van der Waals surface area (Å²) in [6.07, 6.45) is 2.70. The van der Waals surface area contributed by atoms with Crippen molar-refractivity contribution in [3.8, 4) is 11.4 Å². The molecule has 0 aliphatic carbocycles. The van der Waals surface area contributed by atoms with Crippen LogP contribution in [0.2, 0.25) is 0 Å². The molecule has 3 aromatic heterocycles. The van der Waals surface area contributed by atoms with Crippen LogP contribution in [0.25, 0.3) is 17.5 Å². The third-order valence-electron chi connectivity index (χ3n) is 5.97. The Morgan fingerprint density at radius 2 is 1.71 bits per heavy atom. The molecule has 0 unspecified atom stereocenters. The van der Waals surface area contributed by atoms with Crippen molar-refractivity contribution in [1.82, 2.24) is 13.9 Å². The minimum absolute atomic E-state index is 0.193. The number of furan rings is 1. The second kappa shape index (κ2) is 9.50. The largest absolute Gasteiger partial charge is 0.462 e. The Labute approximate surface area is 202 Å². The van der Waals surface area contributed by atoms with Crippen molar-refractivity contribution in [3.05, 3.63) is 99.1 Å². The molecule has 0 spiro atoms. The van der Waals surface area contributed by atoms with E-state index in [1.54, 1.807) is 46.0 Å². The Kier molecular flexibility index (Phi) is 6.46. The molecule has 0 N–H and O–H groups in total. The van der Waals surface area contributed by atoms with Crippen molar-refractivity contribution >= 4 is 17.8 Å². The first-order valence-corrected chi connectivity index (χ1v) is 11.2. The van der Waals surface area contributed by atoms with Gasteiger partial charge in [0.25, 0.3) is 5.56 Å². The van der Waals surface area contributed by atoms with Crippen LogP contribution in [-0.2, 0) is 16.6 Å². The maximum absolute atomic E-state index is 13.5. The van der Waals surface area contributed by atoms with Crippen LogP contribution < -0.4 is 5.56 Å². The summed E-state index contributed by atoms with van der Waals surface area (Å²) in [7, 11) is 1.82. The van der Waals surface area contributed by atoms with Gasteiger partial charge in [0.1, 0.15) is 17.2 Å². The fourth-order valence-corrected chi connectivity index (χ4v) is 4.16. The highest BCUT2D eigenvalue weighted by Crippen LogP contribution is 2.23. The first kappa shape index (κ1) is 23.8. The van der Waals surface area contributed by atoms with Crippen LogP contribution in [0.15, 0.2) is 63.8 Å². The Balaban J connectivity index is 1.58. The number of benzene rings is 1. The summed E-state index contributed by atoms with van der Waals surface area (Å²) in [6.45, 7) is 6.87. The smallest absolute Gasteiger partial charge is 0.331 e. The summed E-state index contributed by atoms with van der Waals surface area (Å²) in [4.78, 5) is 38.4. The van der Waals surface area contributed by atoms with Gasteiger partial charge >= 0.3 is 5.97 Å². The van der Waals surface area contributed by atoms with Gasteiger partial charge in [-0.25, -0.2) is 9.48 Å². The number of esters is 1. The van der Waals surface area contributed by atoms with Gasteiger partial charge in [-0.05, 0) is 64.1 Å². The Bertz CT molecular complexity index is 1500. The number of aromatic nitrogens is 3. The lowest BCUT2D eigenvalue weighted by Gasteiger charge is -2.08. The summed E-state index contributed by atoms with van der Waals surface area (Å²) in [5, 5.41) is 0. The average Bonchev–Trinajstić information content (AvgIpc) is 3.45. The van der Waals surface area contributed by atoms with Gasteiger partial charge in [0.2, 0.25) is 5.78 Å². The molecule has 0 saturated heterocycles. The first-order valence-electron chi connectivity index (χ1n) is 11.2. The van der Waals surface area contributed by atoms with Crippen molar-refractivity contribution in [2.45, 2.75) is 27.7 Å². The average molecular weight is 474 g/mol. The van der Waals surface area contributed by atoms with Crippen LogP contribution in [0.1, 0.15) is 39.0 Å². The summed E-state index contributed by atoms with van der Waals surface area (Å²) in [5.74, 6) is 0.254. The van der Waals surface area contributed by atoms with E-state index in [-0.39, 0.29) is 11.3 Å². The zero-order valence-corrected chi connectivity index (χ0v) is 20.4. The highest BCUT2D eigenvalue weighted by molar-refractivity contribution is 6.00. The van der Waals surface area contributed by atoms with Gasteiger partial charge in [0, 0.05) is 30.1 Å². The lowest BCUT2D eigenvalue weighted by Crippen LogP contribution is -2.22. The third-order valence-corrected chi connectivity index (χ3v) is 5.97. The molecule has 180 valence electrons. The lowest BCUT2D eigenvalue weighted by molar-refractivity contribution is -0.136. The molecule has 1 aromatic carbocycles. The predicted octanol–water partition coefficient (Wildman–Crippen LogP) is 4.23. The van der Waals surface area contributed by atoms with Crippen molar-refractivity contribution in [1.29, 1.82) is 0 Å². The SMILES string of the molecule is Cc1ccc(/C=C/C(=O)OCC(=O)c2cc(C)n(-c3c(C)n(C)n(-c4ccccc4)c3=O)c2C)o1. The summed E-state index contributed by atoms with van der Waals surface area (Å²) >= 11 is 0. The number of para-hydroxylation sites is 1. The zero-order valence-electron chi connectivity index (χ0n) is 20.4. The van der Waals surface area contributed by atoms with Crippen LogP contribution in [0.4, 0.5) is 0 Å². The van der Waals surface area contributed by atoms with Crippen LogP contribution in [-0.4, -0.2) is 32.3 Å². The molecule has 0 aliphatic heterocycles. The van der Waals surface area contributed by atoms with Gasteiger partial charge in [-0.2, -0.15) is 0 Å².